The second-order valence-electron chi connectivity index (χ2n) is 4.75. The molecule has 0 saturated carbocycles. The van der Waals surface area contributed by atoms with Gasteiger partial charge in [-0.25, -0.2) is 8.42 Å². The molecule has 0 aromatic heterocycles. The van der Waals surface area contributed by atoms with Crippen molar-refractivity contribution in [1.29, 1.82) is 0 Å². The largest absolute Gasteiger partial charge is 0.325 e. The summed E-state index contributed by atoms with van der Waals surface area (Å²) in [6.07, 6.45) is 0. The first-order valence-corrected chi connectivity index (χ1v) is 9.18. The van der Waals surface area contributed by atoms with E-state index in [-0.39, 0.29) is 16.5 Å². The predicted molar refractivity (Wildman–Crippen MR) is 94.0 cm³/mol. The summed E-state index contributed by atoms with van der Waals surface area (Å²) in [6, 6.07) is 13.3. The summed E-state index contributed by atoms with van der Waals surface area (Å²) < 4.78 is 26.6. The number of carbonyl (C=O) groups excluding carboxylic acids is 1. The lowest BCUT2D eigenvalue weighted by atomic mass is 10.3. The highest BCUT2D eigenvalue weighted by Crippen LogP contribution is 2.27. The molecule has 0 bridgehead atoms. The summed E-state index contributed by atoms with van der Waals surface area (Å²) in [4.78, 5) is 11.9. The summed E-state index contributed by atoms with van der Waals surface area (Å²) >= 11 is 9.21. The highest BCUT2D eigenvalue weighted by Gasteiger charge is 2.25. The Kier molecular flexibility index (Phi) is 5.80. The summed E-state index contributed by atoms with van der Waals surface area (Å²) in [7, 11) is -2.52. The fourth-order valence-electron chi connectivity index (χ4n) is 1.86. The molecular weight excluding hydrogens is 404 g/mol. The third-order valence-corrected chi connectivity index (χ3v) is 5.79. The van der Waals surface area contributed by atoms with Gasteiger partial charge in [0.15, 0.2) is 0 Å². The standard InChI is InChI=1S/C15H14BrClN2O3S/c1-19(10-15(20)18-12-5-3-2-4-6-12)23(21,22)14-8-7-11(16)9-13(14)17/h2-9H,10H2,1H3,(H,18,20). The number of halogens is 2. The Morgan fingerprint density at radius 1 is 1.22 bits per heavy atom. The molecule has 0 aliphatic rings. The molecule has 1 amide bonds. The molecule has 2 rings (SSSR count). The lowest BCUT2D eigenvalue weighted by Crippen LogP contribution is -2.35. The number of amides is 1. The van der Waals surface area contributed by atoms with Gasteiger partial charge < -0.3 is 5.32 Å². The van der Waals surface area contributed by atoms with Gasteiger partial charge in [0.05, 0.1) is 11.6 Å². The molecule has 0 fully saturated rings. The van der Waals surface area contributed by atoms with Gasteiger partial charge in [-0.2, -0.15) is 4.31 Å². The van der Waals surface area contributed by atoms with Gasteiger partial charge in [0.25, 0.3) is 0 Å². The first-order chi connectivity index (χ1) is 10.8. The van der Waals surface area contributed by atoms with E-state index in [1.165, 1.54) is 19.2 Å². The van der Waals surface area contributed by atoms with E-state index < -0.39 is 15.9 Å². The maximum absolute atomic E-state index is 12.5. The molecule has 23 heavy (non-hydrogen) atoms. The Bertz CT molecular complexity index is 813. The van der Waals surface area contributed by atoms with Crippen molar-refractivity contribution < 1.29 is 13.2 Å². The second kappa shape index (κ2) is 7.44. The van der Waals surface area contributed by atoms with E-state index >= 15 is 0 Å². The zero-order valence-corrected chi connectivity index (χ0v) is 15.3. The monoisotopic (exact) mass is 416 g/mol. The molecule has 0 spiro atoms. The van der Waals surface area contributed by atoms with Crippen LogP contribution < -0.4 is 5.32 Å². The van der Waals surface area contributed by atoms with Crippen LogP contribution in [0.15, 0.2) is 57.9 Å². The Hall–Kier alpha value is -1.41. The topological polar surface area (TPSA) is 66.5 Å². The maximum Gasteiger partial charge on any atom is 0.244 e. The van der Waals surface area contributed by atoms with E-state index in [1.807, 2.05) is 6.07 Å². The maximum atomic E-state index is 12.5. The van der Waals surface area contributed by atoms with Gasteiger partial charge in [0.1, 0.15) is 4.90 Å². The van der Waals surface area contributed by atoms with Crippen LogP contribution >= 0.6 is 27.5 Å². The van der Waals surface area contributed by atoms with Gasteiger partial charge in [0, 0.05) is 17.2 Å². The number of carbonyl (C=O) groups is 1. The molecule has 0 saturated heterocycles. The summed E-state index contributed by atoms with van der Waals surface area (Å²) in [5, 5.41) is 2.73. The van der Waals surface area contributed by atoms with E-state index in [4.69, 9.17) is 11.6 Å². The lowest BCUT2D eigenvalue weighted by molar-refractivity contribution is -0.116. The number of benzene rings is 2. The number of hydrogen-bond donors (Lipinski definition) is 1. The molecule has 0 aliphatic carbocycles. The van der Waals surface area contributed by atoms with Gasteiger partial charge in [-0.05, 0) is 30.3 Å². The van der Waals surface area contributed by atoms with Crippen molar-refractivity contribution in [2.45, 2.75) is 4.90 Å². The summed E-state index contributed by atoms with van der Waals surface area (Å²) in [6.45, 7) is -0.316. The fraction of sp³-hybridized carbons (Fsp3) is 0.133. The van der Waals surface area contributed by atoms with Gasteiger partial charge in [-0.1, -0.05) is 45.7 Å². The van der Waals surface area contributed by atoms with E-state index in [1.54, 1.807) is 30.3 Å². The van der Waals surface area contributed by atoms with E-state index in [0.29, 0.717) is 10.2 Å². The third-order valence-electron chi connectivity index (χ3n) is 3.01. The van der Waals surface area contributed by atoms with Gasteiger partial charge in [0.2, 0.25) is 15.9 Å². The predicted octanol–water partition coefficient (Wildman–Crippen LogP) is 3.36. The van der Waals surface area contributed by atoms with Crippen molar-refractivity contribution in [1.82, 2.24) is 4.31 Å². The molecule has 122 valence electrons. The van der Waals surface area contributed by atoms with Crippen LogP contribution in [0.2, 0.25) is 5.02 Å². The zero-order valence-electron chi connectivity index (χ0n) is 12.2. The smallest absolute Gasteiger partial charge is 0.244 e. The summed E-state index contributed by atoms with van der Waals surface area (Å²) in [5.74, 6) is -0.435. The number of anilines is 1. The van der Waals surface area contributed by atoms with Crippen LogP contribution in [-0.2, 0) is 14.8 Å². The SMILES string of the molecule is CN(CC(=O)Nc1ccccc1)S(=O)(=O)c1ccc(Br)cc1Cl. The molecule has 0 heterocycles. The van der Waals surface area contributed by atoms with Crippen LogP contribution in [0.1, 0.15) is 0 Å². The Morgan fingerprint density at radius 3 is 2.48 bits per heavy atom. The van der Waals surface area contributed by atoms with E-state index in [9.17, 15) is 13.2 Å². The van der Waals surface area contributed by atoms with Crippen molar-refractivity contribution in [3.8, 4) is 0 Å². The minimum Gasteiger partial charge on any atom is -0.325 e. The molecule has 5 nitrogen and oxygen atoms in total. The third kappa shape index (κ3) is 4.54. The van der Waals surface area contributed by atoms with Crippen molar-refractivity contribution in [2.24, 2.45) is 0 Å². The van der Waals surface area contributed by atoms with Crippen molar-refractivity contribution >= 4 is 49.1 Å². The normalized spacial score (nSPS) is 11.5. The lowest BCUT2D eigenvalue weighted by Gasteiger charge is -2.17. The van der Waals surface area contributed by atoms with Gasteiger partial charge in [-0.15, -0.1) is 0 Å². The highest BCUT2D eigenvalue weighted by atomic mass is 79.9. The number of nitrogens with zero attached hydrogens (tertiary/aromatic N) is 1. The van der Waals surface area contributed by atoms with Crippen LogP contribution in [-0.4, -0.2) is 32.2 Å². The second-order valence-corrected chi connectivity index (χ2v) is 8.09. The minimum absolute atomic E-state index is 0.0441. The molecule has 8 heteroatoms. The van der Waals surface area contributed by atoms with Gasteiger partial charge >= 0.3 is 0 Å². The quantitative estimate of drug-likeness (QED) is 0.811. The van der Waals surface area contributed by atoms with Gasteiger partial charge in [-0.3, -0.25) is 4.79 Å². The molecule has 2 aromatic rings. The van der Waals surface area contributed by atoms with Crippen LogP contribution in [0.3, 0.4) is 0 Å². The molecule has 0 unspecified atom stereocenters. The first-order valence-electron chi connectivity index (χ1n) is 6.57. The Labute approximate surface area is 148 Å². The number of likely N-dealkylation sites (N-methyl/N-ethyl adjacent to an activating group) is 1. The van der Waals surface area contributed by atoms with E-state index in [0.717, 1.165) is 4.31 Å². The average molecular weight is 418 g/mol. The average Bonchev–Trinajstić information content (AvgIpc) is 2.47. The number of hydrogen-bond acceptors (Lipinski definition) is 3. The summed E-state index contributed by atoms with van der Waals surface area (Å²) in [5.41, 5.74) is 0.602. The molecule has 0 atom stereocenters. The number of nitrogens with one attached hydrogen (secondary N) is 1. The molecule has 0 radical (unpaired) electrons. The van der Waals surface area contributed by atoms with Crippen LogP contribution in [0.4, 0.5) is 5.69 Å². The zero-order chi connectivity index (χ0) is 17.0. The first kappa shape index (κ1) is 17.9. The number of sulfonamides is 1. The molecule has 1 N–H and O–H groups in total. The molecule has 0 aliphatic heterocycles. The van der Waals surface area contributed by atoms with Crippen LogP contribution in [0.5, 0.6) is 0 Å². The number of para-hydroxylation sites is 1. The van der Waals surface area contributed by atoms with Crippen LogP contribution in [0.25, 0.3) is 0 Å². The van der Waals surface area contributed by atoms with E-state index in [2.05, 4.69) is 21.2 Å². The fourth-order valence-corrected chi connectivity index (χ4v) is 4.00. The highest BCUT2D eigenvalue weighted by molar-refractivity contribution is 9.10. The van der Waals surface area contributed by atoms with Crippen molar-refractivity contribution in [2.75, 3.05) is 18.9 Å². The van der Waals surface area contributed by atoms with Crippen molar-refractivity contribution in [3.05, 3.63) is 58.0 Å². The molecule has 2 aromatic carbocycles. The van der Waals surface area contributed by atoms with Crippen molar-refractivity contribution in [3.63, 3.8) is 0 Å². The van der Waals surface area contributed by atoms with Crippen LogP contribution in [0, 0.1) is 0 Å². The Morgan fingerprint density at radius 2 is 1.87 bits per heavy atom. The molecular formula is C15H14BrClN2O3S. The Balaban J connectivity index is 2.12. The number of rotatable bonds is 5. The minimum atomic E-state index is -3.85.